The quantitative estimate of drug-likeness (QED) is 0.168. The smallest absolute Gasteiger partial charge is 0.335 e. The SMILES string of the molecule is O=C(O)c1ccc(COc2c(Br)cc(C=Nn3c(-c4cc5cc(Cl)ccc5o4)nc4ccccc4c3=O)cc2Br)cc1. The number of carbonyl (C=O) groups is 1. The predicted octanol–water partition coefficient (Wildman–Crippen LogP) is 8.15. The zero-order valence-corrected chi connectivity index (χ0v) is 25.4. The molecule has 42 heavy (non-hydrogen) atoms. The molecule has 2 aromatic heterocycles. The average Bonchev–Trinajstić information content (AvgIpc) is 3.39. The Labute approximate surface area is 260 Å². The lowest BCUT2D eigenvalue weighted by Gasteiger charge is -2.12. The molecule has 0 spiro atoms. The second-order valence-corrected chi connectivity index (χ2v) is 11.4. The Bertz CT molecular complexity index is 2060. The van der Waals surface area contributed by atoms with Crippen LogP contribution in [0.1, 0.15) is 21.5 Å². The highest BCUT2D eigenvalue weighted by molar-refractivity contribution is 9.11. The lowest BCUT2D eigenvalue weighted by Crippen LogP contribution is -2.20. The number of hydrogen-bond acceptors (Lipinski definition) is 6. The van der Waals surface area contributed by atoms with Gasteiger partial charge in [-0.3, -0.25) is 4.79 Å². The number of furan rings is 1. The van der Waals surface area contributed by atoms with Gasteiger partial charge in [0.25, 0.3) is 5.56 Å². The third-order valence-electron chi connectivity index (χ3n) is 6.38. The van der Waals surface area contributed by atoms with Crippen LogP contribution >= 0.6 is 43.5 Å². The summed E-state index contributed by atoms with van der Waals surface area (Å²) in [6.07, 6.45) is 1.55. The number of benzene rings is 4. The van der Waals surface area contributed by atoms with Gasteiger partial charge in [-0.1, -0.05) is 35.9 Å². The number of ether oxygens (including phenoxy) is 1. The number of aromatic carboxylic acids is 1. The van der Waals surface area contributed by atoms with E-state index in [2.05, 4.69) is 37.0 Å². The van der Waals surface area contributed by atoms with Crippen molar-refractivity contribution in [1.82, 2.24) is 9.66 Å². The molecule has 0 saturated heterocycles. The van der Waals surface area contributed by atoms with Crippen molar-refractivity contribution in [1.29, 1.82) is 0 Å². The summed E-state index contributed by atoms with van der Waals surface area (Å²) >= 11 is 13.3. The van der Waals surface area contributed by atoms with Gasteiger partial charge in [0.1, 0.15) is 17.9 Å². The van der Waals surface area contributed by atoms with Crippen LogP contribution in [0, 0.1) is 0 Å². The van der Waals surface area contributed by atoms with Crippen molar-refractivity contribution in [3.05, 3.63) is 126 Å². The van der Waals surface area contributed by atoms with E-state index in [1.165, 1.54) is 16.8 Å². The van der Waals surface area contributed by atoms with E-state index in [1.807, 2.05) is 6.07 Å². The van der Waals surface area contributed by atoms with E-state index in [0.717, 1.165) is 10.9 Å². The van der Waals surface area contributed by atoms with Gasteiger partial charge >= 0.3 is 5.97 Å². The van der Waals surface area contributed by atoms with Crippen LogP contribution in [0.25, 0.3) is 33.5 Å². The highest BCUT2D eigenvalue weighted by Crippen LogP contribution is 2.35. The Morgan fingerprint density at radius 2 is 1.76 bits per heavy atom. The molecule has 208 valence electrons. The Morgan fingerprint density at radius 3 is 2.50 bits per heavy atom. The molecule has 0 fully saturated rings. The molecule has 0 aliphatic rings. The monoisotopic (exact) mass is 705 g/mol. The second kappa shape index (κ2) is 11.6. The normalized spacial score (nSPS) is 11.5. The van der Waals surface area contributed by atoms with Gasteiger partial charge in [-0.25, -0.2) is 9.78 Å². The van der Waals surface area contributed by atoms with Crippen LogP contribution in [0.4, 0.5) is 0 Å². The minimum absolute atomic E-state index is 0.207. The van der Waals surface area contributed by atoms with Crippen LogP contribution in [-0.2, 0) is 6.61 Å². The van der Waals surface area contributed by atoms with Gasteiger partial charge in [0, 0.05) is 10.4 Å². The lowest BCUT2D eigenvalue weighted by atomic mass is 10.1. The minimum Gasteiger partial charge on any atom is -0.487 e. The lowest BCUT2D eigenvalue weighted by molar-refractivity contribution is 0.0697. The van der Waals surface area contributed by atoms with Gasteiger partial charge < -0.3 is 14.3 Å². The van der Waals surface area contributed by atoms with Gasteiger partial charge in [0.05, 0.1) is 31.6 Å². The fraction of sp³-hybridized carbons (Fsp3) is 0.0323. The Hall–Kier alpha value is -4.25. The Kier molecular flexibility index (Phi) is 7.68. The molecule has 0 amide bonds. The van der Waals surface area contributed by atoms with Crippen LogP contribution in [0.15, 0.2) is 108 Å². The predicted molar refractivity (Wildman–Crippen MR) is 169 cm³/mol. The van der Waals surface area contributed by atoms with Crippen molar-refractivity contribution in [3.63, 3.8) is 0 Å². The summed E-state index contributed by atoms with van der Waals surface area (Å²) in [6.45, 7) is 0.231. The molecular weight excluding hydrogens is 690 g/mol. The maximum absolute atomic E-state index is 13.6. The largest absolute Gasteiger partial charge is 0.487 e. The van der Waals surface area contributed by atoms with E-state index >= 15 is 0 Å². The summed E-state index contributed by atoms with van der Waals surface area (Å²) in [4.78, 5) is 29.3. The molecule has 0 saturated carbocycles. The maximum atomic E-state index is 13.6. The first kappa shape index (κ1) is 27.9. The molecule has 0 aliphatic carbocycles. The summed E-state index contributed by atoms with van der Waals surface area (Å²) in [6, 6.07) is 24.2. The van der Waals surface area contributed by atoms with E-state index in [9.17, 15) is 9.59 Å². The van der Waals surface area contributed by atoms with E-state index in [0.29, 0.717) is 47.5 Å². The minimum atomic E-state index is -0.985. The van der Waals surface area contributed by atoms with Crippen molar-refractivity contribution in [3.8, 4) is 17.3 Å². The summed E-state index contributed by atoms with van der Waals surface area (Å²) in [7, 11) is 0. The third-order valence-corrected chi connectivity index (χ3v) is 7.79. The number of nitrogens with zero attached hydrogens (tertiary/aromatic N) is 3. The van der Waals surface area contributed by atoms with E-state index in [-0.39, 0.29) is 23.6 Å². The second-order valence-electron chi connectivity index (χ2n) is 9.21. The number of rotatable bonds is 7. The van der Waals surface area contributed by atoms with Gasteiger partial charge in [0.2, 0.25) is 5.82 Å². The fourth-order valence-electron chi connectivity index (χ4n) is 4.33. The molecule has 2 heterocycles. The number of hydrogen-bond donors (Lipinski definition) is 1. The Balaban J connectivity index is 1.34. The zero-order valence-electron chi connectivity index (χ0n) is 21.4. The molecule has 1 N–H and O–H groups in total. The maximum Gasteiger partial charge on any atom is 0.335 e. The highest BCUT2D eigenvalue weighted by atomic mass is 79.9. The van der Waals surface area contributed by atoms with Gasteiger partial charge in [-0.15, -0.1) is 0 Å². The molecule has 6 aromatic rings. The number of halogens is 3. The molecule has 0 atom stereocenters. The number of fused-ring (bicyclic) bond motifs is 2. The first-order valence-corrected chi connectivity index (χ1v) is 14.4. The number of carboxylic acid groups (broad SMARTS) is 1. The molecule has 0 bridgehead atoms. The van der Waals surface area contributed by atoms with Crippen LogP contribution in [0.2, 0.25) is 5.02 Å². The summed E-state index contributed by atoms with van der Waals surface area (Å²) < 4.78 is 14.5. The van der Waals surface area contributed by atoms with Crippen LogP contribution in [0.3, 0.4) is 0 Å². The number of aromatic nitrogens is 2. The molecule has 6 rings (SSSR count). The molecule has 0 aliphatic heterocycles. The van der Waals surface area contributed by atoms with Crippen LogP contribution < -0.4 is 10.3 Å². The van der Waals surface area contributed by atoms with Crippen molar-refractivity contribution < 1.29 is 19.1 Å². The molecule has 0 unspecified atom stereocenters. The first-order chi connectivity index (χ1) is 20.3. The van der Waals surface area contributed by atoms with Crippen molar-refractivity contribution in [2.75, 3.05) is 0 Å². The fourth-order valence-corrected chi connectivity index (χ4v) is 5.96. The molecular formula is C31H18Br2ClN3O5. The van der Waals surface area contributed by atoms with E-state index in [1.54, 1.807) is 72.9 Å². The van der Waals surface area contributed by atoms with E-state index < -0.39 is 5.97 Å². The van der Waals surface area contributed by atoms with E-state index in [4.69, 9.17) is 30.8 Å². The zero-order chi connectivity index (χ0) is 29.4. The summed E-state index contributed by atoms with van der Waals surface area (Å²) in [5.41, 5.74) is 2.47. The van der Waals surface area contributed by atoms with Crippen molar-refractivity contribution in [2.24, 2.45) is 5.10 Å². The van der Waals surface area contributed by atoms with Gasteiger partial charge in [0.15, 0.2) is 5.76 Å². The Morgan fingerprint density at radius 1 is 1.02 bits per heavy atom. The summed E-state index contributed by atoms with van der Waals surface area (Å²) in [5, 5.41) is 15.4. The molecule has 8 nitrogen and oxygen atoms in total. The number of carboxylic acids is 1. The molecule has 4 aromatic carbocycles. The summed E-state index contributed by atoms with van der Waals surface area (Å²) in [5.74, 6) is 0.186. The van der Waals surface area contributed by atoms with Gasteiger partial charge in [-0.05, 0) is 104 Å². The average molecular weight is 708 g/mol. The first-order valence-electron chi connectivity index (χ1n) is 12.5. The topological polar surface area (TPSA) is 107 Å². The highest BCUT2D eigenvalue weighted by Gasteiger charge is 2.17. The molecule has 0 radical (unpaired) electrons. The van der Waals surface area contributed by atoms with Crippen LogP contribution in [0.5, 0.6) is 5.75 Å². The third kappa shape index (κ3) is 5.61. The van der Waals surface area contributed by atoms with Crippen molar-refractivity contribution >= 4 is 77.5 Å². The standard InChI is InChI=1S/C31H18Br2ClN3O5/c32-23-11-18(12-24(33)28(23)41-16-17-5-7-19(8-6-17)31(39)40)15-35-37-29(36-25-4-2-1-3-22(25)30(37)38)27-14-20-13-21(34)9-10-26(20)42-27/h1-15H,16H2,(H,39,40). The number of para-hydroxylation sites is 1. The molecule has 11 heteroatoms. The van der Waals surface area contributed by atoms with Crippen molar-refractivity contribution in [2.45, 2.75) is 6.61 Å². The van der Waals surface area contributed by atoms with Gasteiger partial charge in [-0.2, -0.15) is 9.78 Å². The van der Waals surface area contributed by atoms with Crippen LogP contribution in [-0.4, -0.2) is 27.0 Å².